The quantitative estimate of drug-likeness (QED) is 0.815. The summed E-state index contributed by atoms with van der Waals surface area (Å²) in [5.41, 5.74) is 0.978. The number of carbonyl (C=O) groups is 1. The molecule has 1 aromatic heterocycles. The van der Waals surface area contributed by atoms with Crippen LogP contribution in [-0.2, 0) is 16.0 Å². The fourth-order valence-electron chi connectivity index (χ4n) is 2.31. The van der Waals surface area contributed by atoms with E-state index in [1.807, 2.05) is 16.3 Å². The summed E-state index contributed by atoms with van der Waals surface area (Å²) < 4.78 is 5.01. The molecule has 1 N–H and O–H groups in total. The molecule has 1 aromatic rings. The maximum absolute atomic E-state index is 11.4. The van der Waals surface area contributed by atoms with Crippen LogP contribution in [0.4, 0.5) is 0 Å². The third kappa shape index (κ3) is 2.68. The van der Waals surface area contributed by atoms with Gasteiger partial charge in [-0.15, -0.1) is 11.3 Å². The molecular formula is C12H17NO3S. The van der Waals surface area contributed by atoms with E-state index in [1.54, 1.807) is 18.4 Å². The third-order valence-electron chi connectivity index (χ3n) is 3.09. The number of hydrogen-bond acceptors (Lipinski definition) is 4. The standard InChI is InChI=1S/C12H17NO3S/c1-16-7-2-5-13-6-3-10-9(4-8-17-10)11(13)12(14)15/h4,8,11H,2-3,5-7H2,1H3,(H,14,15). The Kier molecular flexibility index (Phi) is 4.15. The van der Waals surface area contributed by atoms with Crippen LogP contribution in [-0.4, -0.2) is 42.8 Å². The van der Waals surface area contributed by atoms with Crippen LogP contribution in [0.3, 0.4) is 0 Å². The number of methoxy groups -OCH3 is 1. The fraction of sp³-hybridized carbons (Fsp3) is 0.583. The molecule has 1 atom stereocenters. The van der Waals surface area contributed by atoms with Crippen molar-refractivity contribution in [1.29, 1.82) is 0 Å². The molecule has 1 unspecified atom stereocenters. The number of carboxylic acid groups (broad SMARTS) is 1. The summed E-state index contributed by atoms with van der Waals surface area (Å²) in [5, 5.41) is 11.3. The van der Waals surface area contributed by atoms with E-state index in [0.29, 0.717) is 6.61 Å². The van der Waals surface area contributed by atoms with Crippen LogP contribution in [0.15, 0.2) is 11.4 Å². The summed E-state index contributed by atoms with van der Waals surface area (Å²) >= 11 is 1.66. The lowest BCUT2D eigenvalue weighted by Crippen LogP contribution is -2.39. The number of ether oxygens (including phenoxy) is 1. The maximum Gasteiger partial charge on any atom is 0.325 e. The van der Waals surface area contributed by atoms with E-state index in [9.17, 15) is 9.90 Å². The molecule has 0 spiro atoms. The molecule has 94 valence electrons. The van der Waals surface area contributed by atoms with Crippen LogP contribution in [0.25, 0.3) is 0 Å². The molecule has 2 rings (SSSR count). The lowest BCUT2D eigenvalue weighted by atomic mass is 10.00. The Balaban J connectivity index is 2.10. The van der Waals surface area contributed by atoms with E-state index in [-0.39, 0.29) is 0 Å². The van der Waals surface area contributed by atoms with Crippen molar-refractivity contribution < 1.29 is 14.6 Å². The summed E-state index contributed by atoms with van der Waals surface area (Å²) in [5.74, 6) is -0.748. The first kappa shape index (κ1) is 12.5. The second-order valence-electron chi connectivity index (χ2n) is 4.17. The predicted octanol–water partition coefficient (Wildman–Crippen LogP) is 1.77. The minimum atomic E-state index is -0.748. The van der Waals surface area contributed by atoms with Crippen molar-refractivity contribution in [3.05, 3.63) is 21.9 Å². The fourth-order valence-corrected chi connectivity index (χ4v) is 3.21. The summed E-state index contributed by atoms with van der Waals surface area (Å²) in [6.07, 6.45) is 1.84. The summed E-state index contributed by atoms with van der Waals surface area (Å²) in [4.78, 5) is 14.7. The van der Waals surface area contributed by atoms with E-state index in [1.165, 1.54) is 4.88 Å². The number of aliphatic carboxylic acids is 1. The van der Waals surface area contributed by atoms with Gasteiger partial charge in [0.2, 0.25) is 0 Å². The Morgan fingerprint density at radius 2 is 2.53 bits per heavy atom. The number of hydrogen-bond donors (Lipinski definition) is 1. The largest absolute Gasteiger partial charge is 0.480 e. The number of thiophene rings is 1. The molecule has 1 aliphatic rings. The van der Waals surface area contributed by atoms with E-state index < -0.39 is 12.0 Å². The molecule has 0 radical (unpaired) electrons. The molecule has 1 aliphatic heterocycles. The van der Waals surface area contributed by atoms with E-state index >= 15 is 0 Å². The highest BCUT2D eigenvalue weighted by atomic mass is 32.1. The van der Waals surface area contributed by atoms with E-state index in [4.69, 9.17) is 4.74 Å². The van der Waals surface area contributed by atoms with Gasteiger partial charge in [0.05, 0.1) is 0 Å². The first-order valence-electron chi connectivity index (χ1n) is 5.76. The highest BCUT2D eigenvalue weighted by molar-refractivity contribution is 7.10. The minimum Gasteiger partial charge on any atom is -0.480 e. The number of fused-ring (bicyclic) bond motifs is 1. The predicted molar refractivity (Wildman–Crippen MR) is 66.5 cm³/mol. The van der Waals surface area contributed by atoms with Gasteiger partial charge in [0.1, 0.15) is 6.04 Å². The average Bonchev–Trinajstić information content (AvgIpc) is 2.76. The van der Waals surface area contributed by atoms with Crippen LogP contribution in [0.2, 0.25) is 0 Å². The normalized spacial score (nSPS) is 20.2. The smallest absolute Gasteiger partial charge is 0.325 e. The Morgan fingerprint density at radius 1 is 1.71 bits per heavy atom. The number of carboxylic acids is 1. The molecule has 0 saturated carbocycles. The first-order valence-corrected chi connectivity index (χ1v) is 6.64. The van der Waals surface area contributed by atoms with Crippen molar-refractivity contribution in [2.75, 3.05) is 26.8 Å². The van der Waals surface area contributed by atoms with Crippen molar-refractivity contribution in [3.8, 4) is 0 Å². The number of nitrogens with zero attached hydrogens (tertiary/aromatic N) is 1. The van der Waals surface area contributed by atoms with E-state index in [0.717, 1.165) is 31.5 Å². The second kappa shape index (κ2) is 5.62. The van der Waals surface area contributed by atoms with Crippen LogP contribution in [0, 0.1) is 0 Å². The highest BCUT2D eigenvalue weighted by Crippen LogP contribution is 2.33. The Morgan fingerprint density at radius 3 is 3.24 bits per heavy atom. The molecule has 0 bridgehead atoms. The van der Waals surface area contributed by atoms with Gasteiger partial charge in [-0.2, -0.15) is 0 Å². The Bertz CT molecular complexity index is 391. The molecular weight excluding hydrogens is 238 g/mol. The van der Waals surface area contributed by atoms with Crippen LogP contribution in [0.5, 0.6) is 0 Å². The van der Waals surface area contributed by atoms with Gasteiger partial charge in [0.25, 0.3) is 0 Å². The van der Waals surface area contributed by atoms with Gasteiger partial charge in [-0.05, 0) is 29.9 Å². The molecule has 0 saturated heterocycles. The van der Waals surface area contributed by atoms with Crippen molar-refractivity contribution in [3.63, 3.8) is 0 Å². The van der Waals surface area contributed by atoms with Crippen molar-refractivity contribution in [2.24, 2.45) is 0 Å². The molecule has 0 aliphatic carbocycles. The SMILES string of the molecule is COCCCN1CCc2sccc2C1C(=O)O. The van der Waals surface area contributed by atoms with Crippen LogP contribution < -0.4 is 0 Å². The van der Waals surface area contributed by atoms with Crippen molar-refractivity contribution in [1.82, 2.24) is 4.90 Å². The van der Waals surface area contributed by atoms with Gasteiger partial charge in [-0.25, -0.2) is 0 Å². The zero-order chi connectivity index (χ0) is 12.3. The lowest BCUT2D eigenvalue weighted by Gasteiger charge is -2.32. The topological polar surface area (TPSA) is 49.8 Å². The molecule has 17 heavy (non-hydrogen) atoms. The van der Waals surface area contributed by atoms with Gasteiger partial charge in [-0.3, -0.25) is 9.69 Å². The van der Waals surface area contributed by atoms with Crippen LogP contribution >= 0.6 is 11.3 Å². The minimum absolute atomic E-state index is 0.471. The van der Waals surface area contributed by atoms with Gasteiger partial charge in [-0.1, -0.05) is 0 Å². The third-order valence-corrected chi connectivity index (χ3v) is 4.09. The van der Waals surface area contributed by atoms with Crippen molar-refractivity contribution >= 4 is 17.3 Å². The first-order chi connectivity index (χ1) is 8.24. The highest BCUT2D eigenvalue weighted by Gasteiger charge is 2.33. The lowest BCUT2D eigenvalue weighted by molar-refractivity contribution is -0.144. The van der Waals surface area contributed by atoms with Crippen molar-refractivity contribution in [2.45, 2.75) is 18.9 Å². The zero-order valence-electron chi connectivity index (χ0n) is 9.89. The summed E-state index contributed by atoms with van der Waals surface area (Å²) in [7, 11) is 1.67. The number of rotatable bonds is 5. The molecule has 5 heteroatoms. The average molecular weight is 255 g/mol. The molecule has 2 heterocycles. The maximum atomic E-state index is 11.4. The monoisotopic (exact) mass is 255 g/mol. The Hall–Kier alpha value is -0.910. The zero-order valence-corrected chi connectivity index (χ0v) is 10.7. The van der Waals surface area contributed by atoms with Crippen LogP contribution in [0.1, 0.15) is 22.9 Å². The van der Waals surface area contributed by atoms with Gasteiger partial charge < -0.3 is 9.84 Å². The van der Waals surface area contributed by atoms with Gasteiger partial charge in [0.15, 0.2) is 0 Å². The molecule has 4 nitrogen and oxygen atoms in total. The second-order valence-corrected chi connectivity index (χ2v) is 5.17. The molecule has 0 aromatic carbocycles. The molecule has 0 fully saturated rings. The van der Waals surface area contributed by atoms with Gasteiger partial charge in [0, 0.05) is 31.7 Å². The molecule has 0 amide bonds. The van der Waals surface area contributed by atoms with Gasteiger partial charge >= 0.3 is 5.97 Å². The summed E-state index contributed by atoms with van der Waals surface area (Å²) in [6, 6.07) is 1.48. The Labute approximate surface area is 105 Å². The summed E-state index contributed by atoms with van der Waals surface area (Å²) in [6.45, 7) is 2.29. The van der Waals surface area contributed by atoms with E-state index in [2.05, 4.69) is 0 Å².